The Balaban J connectivity index is 2.42. The molecule has 1 aliphatic rings. The van der Waals surface area contributed by atoms with Crippen molar-refractivity contribution in [1.82, 2.24) is 5.32 Å². The molecule has 0 unspecified atom stereocenters. The second-order valence-electron chi connectivity index (χ2n) is 7.02. The lowest BCUT2D eigenvalue weighted by molar-refractivity contribution is 0.225. The van der Waals surface area contributed by atoms with Gasteiger partial charge in [0.25, 0.3) is 0 Å². The number of benzene rings is 1. The molecule has 2 rings (SSSR count). The van der Waals surface area contributed by atoms with E-state index in [9.17, 15) is 0 Å². The number of halogens is 1. The van der Waals surface area contributed by atoms with E-state index < -0.39 is 0 Å². The number of hydrogen-bond donors (Lipinski definition) is 1. The maximum atomic E-state index is 6.20. The molecule has 1 saturated heterocycles. The van der Waals surface area contributed by atoms with Gasteiger partial charge in [-0.05, 0) is 46.2 Å². The maximum absolute atomic E-state index is 6.20. The largest absolute Gasteiger partial charge is 0.495 e. The Morgan fingerprint density at radius 1 is 1.15 bits per heavy atom. The molecular weight excluding hydrogens is 272 g/mol. The molecule has 4 heteroatoms. The Labute approximate surface area is 127 Å². The molecule has 3 nitrogen and oxygen atoms in total. The van der Waals surface area contributed by atoms with E-state index in [4.69, 9.17) is 16.3 Å². The quantitative estimate of drug-likeness (QED) is 0.902. The first kappa shape index (κ1) is 15.5. The lowest BCUT2D eigenvalue weighted by Crippen LogP contribution is -2.67. The van der Waals surface area contributed by atoms with Crippen LogP contribution in [-0.2, 0) is 0 Å². The predicted molar refractivity (Wildman–Crippen MR) is 86.2 cm³/mol. The van der Waals surface area contributed by atoms with E-state index in [1.165, 1.54) is 0 Å². The van der Waals surface area contributed by atoms with Crippen LogP contribution in [0.1, 0.15) is 33.3 Å². The van der Waals surface area contributed by atoms with Gasteiger partial charge < -0.3 is 15.0 Å². The van der Waals surface area contributed by atoms with Gasteiger partial charge in [0.05, 0.1) is 12.8 Å². The summed E-state index contributed by atoms with van der Waals surface area (Å²) in [5.74, 6) is 0.842. The molecule has 1 N–H and O–H groups in total. The highest BCUT2D eigenvalue weighted by molar-refractivity contribution is 6.31. The van der Waals surface area contributed by atoms with Gasteiger partial charge in [-0.15, -0.1) is 0 Å². The smallest absolute Gasteiger partial charge is 0.143 e. The van der Waals surface area contributed by atoms with Crippen molar-refractivity contribution in [3.8, 4) is 5.75 Å². The van der Waals surface area contributed by atoms with Crippen LogP contribution in [0.2, 0.25) is 5.02 Å². The van der Waals surface area contributed by atoms with Crippen LogP contribution in [0, 0.1) is 6.92 Å². The highest BCUT2D eigenvalue weighted by Crippen LogP contribution is 2.36. The summed E-state index contributed by atoms with van der Waals surface area (Å²) in [5.41, 5.74) is 2.31. The third-order valence-electron chi connectivity index (χ3n) is 3.65. The third kappa shape index (κ3) is 3.21. The van der Waals surface area contributed by atoms with Crippen molar-refractivity contribution in [2.24, 2.45) is 0 Å². The van der Waals surface area contributed by atoms with Crippen LogP contribution in [0.15, 0.2) is 12.1 Å². The van der Waals surface area contributed by atoms with Crippen LogP contribution in [0.3, 0.4) is 0 Å². The highest BCUT2D eigenvalue weighted by Gasteiger charge is 2.37. The SMILES string of the molecule is COc1cc(Cl)c(C)cc1N1CC(C)(C)NC(C)(C)C1. The van der Waals surface area contributed by atoms with Crippen molar-refractivity contribution in [2.75, 3.05) is 25.1 Å². The minimum absolute atomic E-state index is 0.0559. The monoisotopic (exact) mass is 296 g/mol. The molecule has 20 heavy (non-hydrogen) atoms. The Hall–Kier alpha value is -0.930. The number of piperazine rings is 1. The summed E-state index contributed by atoms with van der Waals surface area (Å²) in [6.45, 7) is 12.8. The summed E-state index contributed by atoms with van der Waals surface area (Å²) in [6.07, 6.45) is 0. The van der Waals surface area contributed by atoms with Crippen molar-refractivity contribution >= 4 is 17.3 Å². The minimum atomic E-state index is 0.0559. The number of anilines is 1. The predicted octanol–water partition coefficient (Wildman–Crippen LogP) is 3.62. The van der Waals surface area contributed by atoms with Gasteiger partial charge in [0.1, 0.15) is 5.75 Å². The van der Waals surface area contributed by atoms with Gasteiger partial charge in [0, 0.05) is 35.3 Å². The van der Waals surface area contributed by atoms with Crippen LogP contribution in [0.4, 0.5) is 5.69 Å². The summed E-state index contributed by atoms with van der Waals surface area (Å²) in [7, 11) is 1.70. The number of hydrogen-bond acceptors (Lipinski definition) is 3. The molecule has 1 aromatic rings. The number of methoxy groups -OCH3 is 1. The highest BCUT2D eigenvalue weighted by atomic mass is 35.5. The van der Waals surface area contributed by atoms with Crippen LogP contribution in [0.5, 0.6) is 5.75 Å². The van der Waals surface area contributed by atoms with Gasteiger partial charge in [0.2, 0.25) is 0 Å². The number of aryl methyl sites for hydroxylation is 1. The second kappa shape index (κ2) is 5.12. The van der Waals surface area contributed by atoms with E-state index in [2.05, 4.69) is 44.0 Å². The molecule has 0 aliphatic carbocycles. The average molecular weight is 297 g/mol. The molecule has 1 aliphatic heterocycles. The molecular formula is C16H25ClN2O. The Morgan fingerprint density at radius 2 is 1.70 bits per heavy atom. The summed E-state index contributed by atoms with van der Waals surface area (Å²) < 4.78 is 5.52. The lowest BCUT2D eigenvalue weighted by atomic mass is 9.91. The molecule has 0 spiro atoms. The van der Waals surface area contributed by atoms with Crippen molar-refractivity contribution in [1.29, 1.82) is 0 Å². The molecule has 0 amide bonds. The first-order valence-electron chi connectivity index (χ1n) is 7.02. The van der Waals surface area contributed by atoms with E-state index in [1.807, 2.05) is 13.0 Å². The van der Waals surface area contributed by atoms with Crippen molar-refractivity contribution in [2.45, 2.75) is 45.7 Å². The van der Waals surface area contributed by atoms with Crippen molar-refractivity contribution < 1.29 is 4.74 Å². The molecule has 0 atom stereocenters. The summed E-state index contributed by atoms with van der Waals surface area (Å²) in [5, 5.41) is 4.44. The summed E-state index contributed by atoms with van der Waals surface area (Å²) in [4.78, 5) is 2.39. The molecule has 0 bridgehead atoms. The Kier molecular flexibility index (Phi) is 3.96. The molecule has 0 aromatic heterocycles. The minimum Gasteiger partial charge on any atom is -0.495 e. The number of nitrogens with one attached hydrogen (secondary N) is 1. The zero-order chi connectivity index (χ0) is 15.1. The van der Waals surface area contributed by atoms with E-state index in [0.29, 0.717) is 0 Å². The van der Waals surface area contributed by atoms with Crippen molar-refractivity contribution in [3.05, 3.63) is 22.7 Å². The number of ether oxygens (including phenoxy) is 1. The second-order valence-corrected chi connectivity index (χ2v) is 7.43. The van der Waals surface area contributed by atoms with E-state index in [-0.39, 0.29) is 11.1 Å². The molecule has 0 saturated carbocycles. The van der Waals surface area contributed by atoms with Gasteiger partial charge in [-0.3, -0.25) is 0 Å². The fraction of sp³-hybridized carbons (Fsp3) is 0.625. The van der Waals surface area contributed by atoms with Gasteiger partial charge >= 0.3 is 0 Å². The van der Waals surface area contributed by atoms with Gasteiger partial charge in [0.15, 0.2) is 0 Å². The molecule has 1 aromatic carbocycles. The standard InChI is InChI=1S/C16H25ClN2O/c1-11-7-13(14(20-6)8-12(11)17)19-9-15(2,3)18-16(4,5)10-19/h7-8,18H,9-10H2,1-6H3. The molecule has 1 heterocycles. The van der Waals surface area contributed by atoms with Crippen LogP contribution in [0.25, 0.3) is 0 Å². The topological polar surface area (TPSA) is 24.5 Å². The first-order valence-corrected chi connectivity index (χ1v) is 7.40. The van der Waals surface area contributed by atoms with Gasteiger partial charge in [-0.1, -0.05) is 11.6 Å². The first-order chi connectivity index (χ1) is 9.13. The Morgan fingerprint density at radius 3 is 2.20 bits per heavy atom. The van der Waals surface area contributed by atoms with E-state index >= 15 is 0 Å². The Bertz CT molecular complexity index is 495. The van der Waals surface area contributed by atoms with E-state index in [0.717, 1.165) is 35.1 Å². The normalized spacial score (nSPS) is 20.9. The van der Waals surface area contributed by atoms with Gasteiger partial charge in [-0.2, -0.15) is 0 Å². The van der Waals surface area contributed by atoms with Gasteiger partial charge in [-0.25, -0.2) is 0 Å². The maximum Gasteiger partial charge on any atom is 0.143 e. The van der Waals surface area contributed by atoms with Crippen LogP contribution >= 0.6 is 11.6 Å². The average Bonchev–Trinajstić information content (AvgIpc) is 2.28. The van der Waals surface area contributed by atoms with Crippen molar-refractivity contribution in [3.63, 3.8) is 0 Å². The molecule has 1 fully saturated rings. The van der Waals surface area contributed by atoms with Crippen LogP contribution in [-0.4, -0.2) is 31.3 Å². The zero-order valence-electron chi connectivity index (χ0n) is 13.3. The number of rotatable bonds is 2. The fourth-order valence-electron chi connectivity index (χ4n) is 3.23. The summed E-state index contributed by atoms with van der Waals surface area (Å²) >= 11 is 6.20. The fourth-order valence-corrected chi connectivity index (χ4v) is 3.39. The van der Waals surface area contributed by atoms with Crippen LogP contribution < -0.4 is 15.0 Å². The molecule has 0 radical (unpaired) electrons. The third-order valence-corrected chi connectivity index (χ3v) is 4.06. The molecule has 112 valence electrons. The van der Waals surface area contributed by atoms with E-state index in [1.54, 1.807) is 7.11 Å². The lowest BCUT2D eigenvalue weighted by Gasteiger charge is -2.49. The summed E-state index contributed by atoms with van der Waals surface area (Å²) in [6, 6.07) is 4.03. The zero-order valence-corrected chi connectivity index (χ0v) is 14.1. The number of nitrogens with zero attached hydrogens (tertiary/aromatic N) is 1.